The molecule has 0 aliphatic heterocycles. The molecule has 2 N–H and O–H groups in total. The summed E-state index contributed by atoms with van der Waals surface area (Å²) in [5.74, 6) is -0.471. The zero-order chi connectivity index (χ0) is 15.2. The van der Waals surface area contributed by atoms with E-state index >= 15 is 0 Å². The number of urea groups is 1. The van der Waals surface area contributed by atoms with E-state index in [-0.39, 0.29) is 17.6 Å². The van der Waals surface area contributed by atoms with Crippen LogP contribution in [0, 0.1) is 5.82 Å². The fourth-order valence-corrected chi connectivity index (χ4v) is 2.03. The molecule has 0 spiro atoms. The van der Waals surface area contributed by atoms with Crippen LogP contribution in [0.5, 0.6) is 0 Å². The van der Waals surface area contributed by atoms with Crippen molar-refractivity contribution in [3.63, 3.8) is 0 Å². The lowest BCUT2D eigenvalue weighted by atomic mass is 10.1. The molecular weight excluding hydrogens is 291 g/mol. The van der Waals surface area contributed by atoms with Crippen molar-refractivity contribution in [2.24, 2.45) is 0 Å². The summed E-state index contributed by atoms with van der Waals surface area (Å²) in [5, 5.41) is 5.47. The van der Waals surface area contributed by atoms with Gasteiger partial charge in [0, 0.05) is 12.2 Å². The first-order valence-corrected chi connectivity index (χ1v) is 7.04. The number of nitrogens with one attached hydrogen (secondary N) is 2. The molecule has 0 aliphatic carbocycles. The van der Waals surface area contributed by atoms with E-state index in [4.69, 9.17) is 11.6 Å². The van der Waals surface area contributed by atoms with Crippen LogP contribution in [-0.4, -0.2) is 6.03 Å². The third-order valence-electron chi connectivity index (χ3n) is 3.06. The highest BCUT2D eigenvalue weighted by atomic mass is 35.5. The van der Waals surface area contributed by atoms with E-state index in [1.165, 1.54) is 17.7 Å². The number of halogens is 2. The number of carbonyl (C=O) groups excluding carboxylic acids is 1. The van der Waals surface area contributed by atoms with E-state index in [1.54, 1.807) is 6.07 Å². The minimum atomic E-state index is -0.471. The summed E-state index contributed by atoms with van der Waals surface area (Å²) < 4.78 is 13.0. The van der Waals surface area contributed by atoms with Gasteiger partial charge in [0.15, 0.2) is 0 Å². The van der Waals surface area contributed by atoms with Gasteiger partial charge in [0.25, 0.3) is 0 Å². The summed E-state index contributed by atoms with van der Waals surface area (Å²) in [5.41, 5.74) is 2.67. The van der Waals surface area contributed by atoms with Gasteiger partial charge in [-0.3, -0.25) is 0 Å². The van der Waals surface area contributed by atoms with Crippen LogP contribution >= 0.6 is 11.6 Å². The standard InChI is InChI=1S/C16H16ClFN2O/c1-2-11-3-6-13(7-4-11)20-16(21)19-10-12-5-8-15(18)14(17)9-12/h3-9H,2,10H2,1H3,(H2,19,20,21). The molecule has 2 rings (SSSR count). The van der Waals surface area contributed by atoms with Crippen molar-refractivity contribution in [3.8, 4) is 0 Å². The van der Waals surface area contributed by atoms with E-state index in [2.05, 4.69) is 17.6 Å². The van der Waals surface area contributed by atoms with Gasteiger partial charge in [-0.15, -0.1) is 0 Å². The highest BCUT2D eigenvalue weighted by molar-refractivity contribution is 6.30. The van der Waals surface area contributed by atoms with Crippen molar-refractivity contribution in [3.05, 3.63) is 64.4 Å². The van der Waals surface area contributed by atoms with Gasteiger partial charge in [-0.1, -0.05) is 36.7 Å². The highest BCUT2D eigenvalue weighted by Crippen LogP contribution is 2.16. The lowest BCUT2D eigenvalue weighted by Gasteiger charge is -2.08. The van der Waals surface area contributed by atoms with Crippen molar-refractivity contribution in [1.82, 2.24) is 5.32 Å². The van der Waals surface area contributed by atoms with Crippen LogP contribution in [0.25, 0.3) is 0 Å². The average molecular weight is 307 g/mol. The van der Waals surface area contributed by atoms with Gasteiger partial charge >= 0.3 is 6.03 Å². The van der Waals surface area contributed by atoms with Crippen molar-refractivity contribution in [2.45, 2.75) is 19.9 Å². The van der Waals surface area contributed by atoms with Gasteiger partial charge in [-0.25, -0.2) is 9.18 Å². The second-order valence-corrected chi connectivity index (χ2v) is 5.01. The maximum absolute atomic E-state index is 13.0. The highest BCUT2D eigenvalue weighted by Gasteiger charge is 2.04. The molecule has 2 aromatic carbocycles. The Bertz CT molecular complexity index is 629. The topological polar surface area (TPSA) is 41.1 Å². The SMILES string of the molecule is CCc1ccc(NC(=O)NCc2ccc(F)c(Cl)c2)cc1. The molecule has 0 atom stereocenters. The number of hydrogen-bond donors (Lipinski definition) is 2. The third-order valence-corrected chi connectivity index (χ3v) is 3.35. The van der Waals surface area contributed by atoms with Gasteiger partial charge in [-0.05, 0) is 41.8 Å². The summed E-state index contributed by atoms with van der Waals surface area (Å²) in [6.45, 7) is 2.35. The summed E-state index contributed by atoms with van der Waals surface area (Å²) in [6.07, 6.45) is 0.956. The molecule has 2 amide bonds. The third kappa shape index (κ3) is 4.46. The Labute approximate surface area is 128 Å². The molecule has 0 fully saturated rings. The largest absolute Gasteiger partial charge is 0.334 e. The Morgan fingerprint density at radius 1 is 1.14 bits per heavy atom. The van der Waals surface area contributed by atoms with Gasteiger partial charge in [0.05, 0.1) is 5.02 Å². The molecule has 110 valence electrons. The fourth-order valence-electron chi connectivity index (χ4n) is 1.83. The van der Waals surface area contributed by atoms with Crippen LogP contribution < -0.4 is 10.6 Å². The summed E-state index contributed by atoms with van der Waals surface area (Å²) in [4.78, 5) is 11.8. The molecule has 5 heteroatoms. The number of rotatable bonds is 4. The lowest BCUT2D eigenvalue weighted by Crippen LogP contribution is -2.28. The van der Waals surface area contributed by atoms with E-state index in [0.717, 1.165) is 17.7 Å². The molecule has 0 saturated heterocycles. The summed E-state index contributed by atoms with van der Waals surface area (Å²) in [7, 11) is 0. The van der Waals surface area contributed by atoms with Gasteiger partial charge < -0.3 is 10.6 Å². The van der Waals surface area contributed by atoms with Crippen molar-refractivity contribution < 1.29 is 9.18 Å². The number of carbonyl (C=O) groups is 1. The lowest BCUT2D eigenvalue weighted by molar-refractivity contribution is 0.251. The van der Waals surface area contributed by atoms with Crippen molar-refractivity contribution in [2.75, 3.05) is 5.32 Å². The van der Waals surface area contributed by atoms with Crippen LogP contribution in [0.2, 0.25) is 5.02 Å². The number of benzene rings is 2. The second kappa shape index (κ2) is 7.09. The summed E-state index contributed by atoms with van der Waals surface area (Å²) >= 11 is 5.68. The predicted octanol–water partition coefficient (Wildman–Crippen LogP) is 4.36. The molecule has 21 heavy (non-hydrogen) atoms. The van der Waals surface area contributed by atoms with E-state index in [1.807, 2.05) is 24.3 Å². The monoisotopic (exact) mass is 306 g/mol. The maximum atomic E-state index is 13.0. The summed E-state index contributed by atoms with van der Waals surface area (Å²) in [6, 6.07) is 11.7. The Kier molecular flexibility index (Phi) is 5.17. The number of hydrogen-bond acceptors (Lipinski definition) is 1. The van der Waals surface area contributed by atoms with Gasteiger partial charge in [0.2, 0.25) is 0 Å². The number of amides is 2. The predicted molar refractivity (Wildman–Crippen MR) is 83.1 cm³/mol. The second-order valence-electron chi connectivity index (χ2n) is 4.61. The van der Waals surface area contributed by atoms with E-state index in [0.29, 0.717) is 0 Å². The first-order chi connectivity index (χ1) is 10.1. The Morgan fingerprint density at radius 3 is 2.43 bits per heavy atom. The fraction of sp³-hybridized carbons (Fsp3) is 0.188. The van der Waals surface area contributed by atoms with Crippen LogP contribution in [0.1, 0.15) is 18.1 Å². The zero-order valence-electron chi connectivity index (χ0n) is 11.6. The average Bonchev–Trinajstić information content (AvgIpc) is 2.49. The molecule has 3 nitrogen and oxygen atoms in total. The first-order valence-electron chi connectivity index (χ1n) is 6.66. The normalized spacial score (nSPS) is 10.2. The molecule has 0 aromatic heterocycles. The van der Waals surface area contributed by atoms with Crippen LogP contribution in [-0.2, 0) is 13.0 Å². The zero-order valence-corrected chi connectivity index (χ0v) is 12.4. The number of anilines is 1. The first kappa shape index (κ1) is 15.3. The van der Waals surface area contributed by atoms with Crippen LogP contribution in [0.4, 0.5) is 14.9 Å². The molecular formula is C16H16ClFN2O. The smallest absolute Gasteiger partial charge is 0.319 e. The van der Waals surface area contributed by atoms with Gasteiger partial charge in [-0.2, -0.15) is 0 Å². The molecule has 0 bridgehead atoms. The van der Waals surface area contributed by atoms with E-state index in [9.17, 15) is 9.18 Å². The molecule has 0 saturated carbocycles. The van der Waals surface area contributed by atoms with Crippen LogP contribution in [0.3, 0.4) is 0 Å². The van der Waals surface area contributed by atoms with Gasteiger partial charge in [0.1, 0.15) is 5.82 Å². The molecule has 0 radical (unpaired) electrons. The Hall–Kier alpha value is -2.07. The molecule has 0 heterocycles. The van der Waals surface area contributed by atoms with Crippen LogP contribution in [0.15, 0.2) is 42.5 Å². The molecule has 0 unspecified atom stereocenters. The minimum Gasteiger partial charge on any atom is -0.334 e. The molecule has 0 aliphatic rings. The quantitative estimate of drug-likeness (QED) is 0.865. The minimum absolute atomic E-state index is 0.0462. The molecule has 2 aromatic rings. The van der Waals surface area contributed by atoms with E-state index < -0.39 is 5.82 Å². The van der Waals surface area contributed by atoms with Crippen molar-refractivity contribution in [1.29, 1.82) is 0 Å². The Morgan fingerprint density at radius 2 is 1.81 bits per heavy atom. The number of aryl methyl sites for hydroxylation is 1. The van der Waals surface area contributed by atoms with Crippen molar-refractivity contribution >= 4 is 23.3 Å². The maximum Gasteiger partial charge on any atom is 0.319 e. The Balaban J connectivity index is 1.87.